The Morgan fingerprint density at radius 3 is 2.72 bits per heavy atom. The van der Waals surface area contributed by atoms with Crippen LogP contribution in [0.5, 0.6) is 0 Å². The van der Waals surface area contributed by atoms with E-state index in [9.17, 15) is 0 Å². The third-order valence-corrected chi connectivity index (χ3v) is 6.73. The molecule has 0 saturated carbocycles. The summed E-state index contributed by atoms with van der Waals surface area (Å²) in [4.78, 5) is 0. The average Bonchev–Trinajstić information content (AvgIpc) is 2.66. The summed E-state index contributed by atoms with van der Waals surface area (Å²) in [6, 6.07) is 0.223. The molecule has 0 aliphatic heterocycles. The van der Waals surface area contributed by atoms with Crippen LogP contribution in [-0.4, -0.2) is 35.8 Å². The Kier molecular flexibility index (Phi) is 12.2. The molecule has 0 aromatic carbocycles. The van der Waals surface area contributed by atoms with Gasteiger partial charge < -0.3 is 16.4 Å². The number of halogens is 1. The van der Waals surface area contributed by atoms with Gasteiger partial charge in [0.15, 0.2) is 0 Å². The Bertz CT molecular complexity index is 622. The standard InChI is InChI=1S/C24H40ClN3S/c1-6-7-8-12-15-23(2,3)29-19-28-24(4,18-26)17-22(27-5)20-13-10-9-11-14-21(25)16-20/h6,8-10,12,14,16,22,27-28H,1,7,11,13,15,17-19,26H2,2-5H3. The minimum absolute atomic E-state index is 0.154. The van der Waals surface area contributed by atoms with Gasteiger partial charge in [-0.15, -0.1) is 18.3 Å². The molecule has 1 rings (SSSR count). The number of likely N-dealkylation sites (N-methyl/N-ethyl adjacent to an activating group) is 1. The van der Waals surface area contributed by atoms with Crippen LogP contribution < -0.4 is 16.4 Å². The van der Waals surface area contributed by atoms with Gasteiger partial charge in [-0.25, -0.2) is 0 Å². The fourth-order valence-electron chi connectivity index (χ4n) is 3.16. The normalized spacial score (nSPS) is 18.6. The fraction of sp³-hybridized carbons (Fsp3) is 0.583. The van der Waals surface area contributed by atoms with E-state index in [0.29, 0.717) is 6.54 Å². The molecule has 1 aliphatic carbocycles. The van der Waals surface area contributed by atoms with Gasteiger partial charge in [-0.05, 0) is 57.7 Å². The Labute approximate surface area is 188 Å². The highest BCUT2D eigenvalue weighted by molar-refractivity contribution is 8.00. The first-order chi connectivity index (χ1) is 13.7. The zero-order valence-corrected chi connectivity index (χ0v) is 20.2. The van der Waals surface area contributed by atoms with E-state index in [1.165, 1.54) is 5.57 Å². The summed E-state index contributed by atoms with van der Waals surface area (Å²) >= 11 is 8.29. The van der Waals surface area contributed by atoms with Gasteiger partial charge in [-0.3, -0.25) is 0 Å². The number of nitrogens with two attached hydrogens (primary N) is 1. The van der Waals surface area contributed by atoms with E-state index in [2.05, 4.69) is 68.4 Å². The van der Waals surface area contributed by atoms with Crippen LogP contribution in [0.4, 0.5) is 0 Å². The van der Waals surface area contributed by atoms with Gasteiger partial charge in [0.2, 0.25) is 0 Å². The Hall–Kier alpha value is -0.780. The van der Waals surface area contributed by atoms with Crippen molar-refractivity contribution < 1.29 is 0 Å². The van der Waals surface area contributed by atoms with Gasteiger partial charge in [0.05, 0.1) is 0 Å². The van der Waals surface area contributed by atoms with Crippen molar-refractivity contribution in [3.63, 3.8) is 0 Å². The van der Waals surface area contributed by atoms with Crippen LogP contribution in [0.15, 0.2) is 59.7 Å². The molecule has 1 aliphatic rings. The predicted octanol–water partition coefficient (Wildman–Crippen LogP) is 5.66. The summed E-state index contributed by atoms with van der Waals surface area (Å²) in [5.74, 6) is 0.867. The quantitative estimate of drug-likeness (QED) is 0.257. The van der Waals surface area contributed by atoms with Crippen molar-refractivity contribution in [3.05, 3.63) is 59.7 Å². The number of thioether (sulfide) groups is 1. The van der Waals surface area contributed by atoms with Crippen LogP contribution in [0.25, 0.3) is 0 Å². The van der Waals surface area contributed by atoms with Crippen molar-refractivity contribution in [1.29, 1.82) is 0 Å². The summed E-state index contributed by atoms with van der Waals surface area (Å²) in [5.41, 5.74) is 7.34. The maximum atomic E-state index is 6.36. The van der Waals surface area contributed by atoms with Gasteiger partial charge in [0.1, 0.15) is 0 Å². The van der Waals surface area contributed by atoms with E-state index in [1.807, 2.05) is 31.0 Å². The van der Waals surface area contributed by atoms with Crippen LogP contribution >= 0.6 is 23.4 Å². The maximum Gasteiger partial charge on any atom is 0.0428 e. The van der Waals surface area contributed by atoms with Crippen LogP contribution in [0.3, 0.4) is 0 Å². The molecule has 0 spiro atoms. The molecule has 0 fully saturated rings. The molecule has 0 saturated heterocycles. The second-order valence-electron chi connectivity index (χ2n) is 8.45. The first-order valence-corrected chi connectivity index (χ1v) is 11.8. The molecule has 2 atom stereocenters. The number of hydrogen-bond acceptors (Lipinski definition) is 4. The highest BCUT2D eigenvalue weighted by Crippen LogP contribution is 2.29. The SMILES string of the molecule is C=CCC=CCC(C)(C)SCNC(C)(CN)CC(NC)C1=CC(Cl)=CCC=CC1. The molecule has 0 amide bonds. The molecule has 0 aromatic rings. The molecule has 2 unspecified atom stereocenters. The van der Waals surface area contributed by atoms with Crippen LogP contribution in [0.2, 0.25) is 0 Å². The third-order valence-electron chi connectivity index (χ3n) is 5.23. The molecule has 29 heavy (non-hydrogen) atoms. The van der Waals surface area contributed by atoms with E-state index in [4.69, 9.17) is 17.3 Å². The summed E-state index contributed by atoms with van der Waals surface area (Å²) in [6.07, 6.45) is 19.6. The molecule has 0 radical (unpaired) electrons. The Morgan fingerprint density at radius 2 is 2.07 bits per heavy atom. The third kappa shape index (κ3) is 10.7. The Balaban J connectivity index is 2.69. The lowest BCUT2D eigenvalue weighted by atomic mass is 9.87. The number of allylic oxidation sites excluding steroid dienone is 8. The molecule has 0 heterocycles. The summed E-state index contributed by atoms with van der Waals surface area (Å²) < 4.78 is 0.174. The zero-order chi connectivity index (χ0) is 21.8. The van der Waals surface area contributed by atoms with Crippen molar-refractivity contribution in [2.75, 3.05) is 19.5 Å². The number of rotatable bonds is 13. The first-order valence-electron chi connectivity index (χ1n) is 10.5. The monoisotopic (exact) mass is 437 g/mol. The molecule has 0 bridgehead atoms. The zero-order valence-electron chi connectivity index (χ0n) is 18.6. The average molecular weight is 438 g/mol. The van der Waals surface area contributed by atoms with Crippen molar-refractivity contribution in [2.24, 2.45) is 5.73 Å². The lowest BCUT2D eigenvalue weighted by Gasteiger charge is -2.35. The van der Waals surface area contributed by atoms with E-state index in [0.717, 1.165) is 43.0 Å². The summed E-state index contributed by atoms with van der Waals surface area (Å²) in [6.45, 7) is 11.1. The second-order valence-corrected chi connectivity index (χ2v) is 10.6. The topological polar surface area (TPSA) is 50.1 Å². The van der Waals surface area contributed by atoms with Crippen molar-refractivity contribution >= 4 is 23.4 Å². The fourth-order valence-corrected chi connectivity index (χ4v) is 4.41. The predicted molar refractivity (Wildman–Crippen MR) is 134 cm³/mol. The Morgan fingerprint density at radius 1 is 1.31 bits per heavy atom. The molecule has 5 heteroatoms. The smallest absolute Gasteiger partial charge is 0.0428 e. The van der Waals surface area contributed by atoms with Crippen molar-refractivity contribution in [1.82, 2.24) is 10.6 Å². The van der Waals surface area contributed by atoms with Crippen LogP contribution in [-0.2, 0) is 0 Å². The molecule has 3 nitrogen and oxygen atoms in total. The minimum Gasteiger partial charge on any atom is -0.329 e. The van der Waals surface area contributed by atoms with Crippen LogP contribution in [0.1, 0.15) is 52.9 Å². The van der Waals surface area contributed by atoms with E-state index < -0.39 is 0 Å². The summed E-state index contributed by atoms with van der Waals surface area (Å²) in [7, 11) is 2.01. The first kappa shape index (κ1) is 26.3. The second kappa shape index (κ2) is 13.5. The van der Waals surface area contributed by atoms with Gasteiger partial charge in [0, 0.05) is 33.8 Å². The van der Waals surface area contributed by atoms with Gasteiger partial charge in [-0.1, -0.05) is 61.9 Å². The highest BCUT2D eigenvalue weighted by atomic mass is 35.5. The van der Waals surface area contributed by atoms with Gasteiger partial charge in [-0.2, -0.15) is 0 Å². The molecule has 4 N–H and O–H groups in total. The van der Waals surface area contributed by atoms with E-state index >= 15 is 0 Å². The molecular weight excluding hydrogens is 398 g/mol. The molecule has 164 valence electrons. The van der Waals surface area contributed by atoms with Crippen molar-refractivity contribution in [2.45, 2.75) is 69.2 Å². The lowest BCUT2D eigenvalue weighted by Crippen LogP contribution is -2.53. The van der Waals surface area contributed by atoms with E-state index in [1.54, 1.807) is 0 Å². The highest BCUT2D eigenvalue weighted by Gasteiger charge is 2.28. The summed E-state index contributed by atoms with van der Waals surface area (Å²) in [5, 5.41) is 7.99. The molecular formula is C24H40ClN3S. The maximum absolute atomic E-state index is 6.36. The van der Waals surface area contributed by atoms with Gasteiger partial charge in [0.25, 0.3) is 0 Å². The van der Waals surface area contributed by atoms with Gasteiger partial charge >= 0.3 is 0 Å². The lowest BCUT2D eigenvalue weighted by molar-refractivity contribution is 0.328. The minimum atomic E-state index is -0.154. The van der Waals surface area contributed by atoms with Crippen LogP contribution in [0, 0.1) is 0 Å². The number of hydrogen-bond donors (Lipinski definition) is 3. The van der Waals surface area contributed by atoms with Crippen molar-refractivity contribution in [3.8, 4) is 0 Å². The largest absolute Gasteiger partial charge is 0.329 e. The molecule has 0 aromatic heterocycles. The van der Waals surface area contributed by atoms with E-state index in [-0.39, 0.29) is 16.3 Å². The number of nitrogens with one attached hydrogen (secondary N) is 2.